The number of rotatable bonds is 7. The largest absolute Gasteiger partial charge is 1.00 e. The van der Waals surface area contributed by atoms with Crippen LogP contribution in [0.2, 0.25) is 0 Å². The molecule has 2 aromatic carbocycles. The molecule has 0 amide bonds. The van der Waals surface area contributed by atoms with Crippen molar-refractivity contribution in [2.75, 3.05) is 19.7 Å². The lowest BCUT2D eigenvalue weighted by molar-refractivity contribution is -0.00000743. The van der Waals surface area contributed by atoms with Crippen LogP contribution in [0.5, 0.6) is 5.75 Å². The number of fused-ring (bicyclic) bond motifs is 1. The molecule has 2 aromatic rings. The molecule has 25 heavy (non-hydrogen) atoms. The fourth-order valence-corrected chi connectivity index (χ4v) is 3.29. The predicted octanol–water partition coefficient (Wildman–Crippen LogP) is 0.441. The number of hydrogen-bond acceptors (Lipinski definition) is 3. The summed E-state index contributed by atoms with van der Waals surface area (Å²) < 4.78 is 5.74. The van der Waals surface area contributed by atoms with Crippen LogP contribution in [0.15, 0.2) is 48.5 Å². The Labute approximate surface area is 157 Å². The van der Waals surface area contributed by atoms with Gasteiger partial charge in [0.15, 0.2) is 0 Å². The third-order valence-electron chi connectivity index (χ3n) is 4.58. The molecule has 1 heterocycles. The van der Waals surface area contributed by atoms with Gasteiger partial charge in [-0.2, -0.15) is 0 Å². The van der Waals surface area contributed by atoms with E-state index in [1.54, 1.807) is 0 Å². The smallest absolute Gasteiger partial charge is 0.119 e. The molecule has 0 aromatic heterocycles. The lowest BCUT2D eigenvalue weighted by Crippen LogP contribution is -3.00. The van der Waals surface area contributed by atoms with Crippen LogP contribution in [0, 0.1) is 0 Å². The van der Waals surface area contributed by atoms with Crippen LogP contribution in [0.3, 0.4) is 0 Å². The molecule has 1 atom stereocenters. The lowest BCUT2D eigenvalue weighted by Gasteiger charge is -2.30. The van der Waals surface area contributed by atoms with Gasteiger partial charge in [0.05, 0.1) is 0 Å². The summed E-state index contributed by atoms with van der Waals surface area (Å²) in [4.78, 5) is 2.31. The highest BCUT2D eigenvalue weighted by Gasteiger charge is 2.18. The van der Waals surface area contributed by atoms with E-state index in [1.807, 2.05) is 12.1 Å². The van der Waals surface area contributed by atoms with E-state index in [0.29, 0.717) is 13.2 Å². The molecule has 0 saturated carbocycles. The van der Waals surface area contributed by atoms with Gasteiger partial charge in [0.2, 0.25) is 0 Å². The summed E-state index contributed by atoms with van der Waals surface area (Å²) in [6, 6.07) is 16.8. The number of benzene rings is 2. The minimum absolute atomic E-state index is 0. The van der Waals surface area contributed by atoms with Crippen molar-refractivity contribution in [3.8, 4) is 5.75 Å². The first kappa shape index (κ1) is 19.8. The molecule has 0 radical (unpaired) electrons. The van der Waals surface area contributed by atoms with Gasteiger partial charge >= 0.3 is 0 Å². The van der Waals surface area contributed by atoms with Gasteiger partial charge in [0.1, 0.15) is 18.5 Å². The van der Waals surface area contributed by atoms with E-state index in [4.69, 9.17) is 4.74 Å². The summed E-state index contributed by atoms with van der Waals surface area (Å²) in [5.41, 5.74) is 4.15. The molecule has 0 saturated heterocycles. The van der Waals surface area contributed by atoms with Crippen molar-refractivity contribution < 1.29 is 22.3 Å². The Balaban J connectivity index is 0.00000225. The maximum atomic E-state index is 10.3. The number of nitrogens with zero attached hydrogens (tertiary/aromatic N) is 1. The normalized spacial score (nSPS) is 15.1. The number of ether oxygens (including phenoxy) is 1. The molecule has 1 aliphatic rings. The molecule has 3 nitrogen and oxygen atoms in total. The van der Waals surface area contributed by atoms with Crippen molar-refractivity contribution >= 4 is 0 Å². The number of halogens is 1. The summed E-state index contributed by atoms with van der Waals surface area (Å²) in [7, 11) is 0. The van der Waals surface area contributed by atoms with Crippen molar-refractivity contribution in [3.63, 3.8) is 0 Å². The number of aliphatic hydroxyl groups is 1. The van der Waals surface area contributed by atoms with E-state index in [2.05, 4.69) is 48.2 Å². The summed E-state index contributed by atoms with van der Waals surface area (Å²) in [6.45, 7) is 5.09. The van der Waals surface area contributed by atoms with Crippen LogP contribution >= 0.6 is 0 Å². The first-order chi connectivity index (χ1) is 11.7. The third-order valence-corrected chi connectivity index (χ3v) is 4.58. The molecule has 3 rings (SSSR count). The first-order valence-electron chi connectivity index (χ1n) is 8.93. The summed E-state index contributed by atoms with van der Waals surface area (Å²) >= 11 is 0. The van der Waals surface area contributed by atoms with Gasteiger partial charge in [-0.25, -0.2) is 0 Å². The Bertz CT molecular complexity index is 645. The number of aryl methyl sites for hydroxylation is 1. The summed E-state index contributed by atoms with van der Waals surface area (Å²) in [5, 5.41) is 10.3. The molecule has 1 unspecified atom stereocenters. The van der Waals surface area contributed by atoms with E-state index >= 15 is 0 Å². The van der Waals surface area contributed by atoms with Crippen LogP contribution < -0.4 is 17.1 Å². The summed E-state index contributed by atoms with van der Waals surface area (Å²) in [5.74, 6) is 0.831. The van der Waals surface area contributed by atoms with Crippen molar-refractivity contribution in [2.45, 2.75) is 38.8 Å². The Morgan fingerprint density at radius 1 is 1.08 bits per heavy atom. The third kappa shape index (κ3) is 5.74. The summed E-state index contributed by atoms with van der Waals surface area (Å²) in [6.07, 6.45) is 2.84. The van der Waals surface area contributed by atoms with Crippen LogP contribution in [0.25, 0.3) is 0 Å². The number of β-amino-alcohol motifs (C(OH)–C–C–N with tert-alkyl or cyclic N) is 1. The highest BCUT2D eigenvalue weighted by molar-refractivity contribution is 5.29. The van der Waals surface area contributed by atoms with Gasteiger partial charge in [0.25, 0.3) is 0 Å². The maximum Gasteiger partial charge on any atom is 0.119 e. The van der Waals surface area contributed by atoms with Crippen molar-refractivity contribution in [1.82, 2.24) is 4.90 Å². The van der Waals surface area contributed by atoms with Crippen molar-refractivity contribution in [1.29, 1.82) is 0 Å². The van der Waals surface area contributed by atoms with Crippen molar-refractivity contribution in [2.24, 2.45) is 0 Å². The fraction of sp³-hybridized carbons (Fsp3) is 0.429. The molecule has 0 bridgehead atoms. The molecule has 0 spiro atoms. The second kappa shape index (κ2) is 9.81. The average molecular weight is 361 g/mol. The molecule has 136 valence electrons. The molecule has 4 heteroatoms. The monoisotopic (exact) mass is 360 g/mol. The fourth-order valence-electron chi connectivity index (χ4n) is 3.29. The zero-order valence-corrected chi connectivity index (χ0v) is 15.6. The molecular formula is C21H27ClNO2-. The second-order valence-corrected chi connectivity index (χ2v) is 6.61. The van der Waals surface area contributed by atoms with E-state index < -0.39 is 6.10 Å². The van der Waals surface area contributed by atoms with Crippen LogP contribution in [-0.2, 0) is 19.4 Å². The van der Waals surface area contributed by atoms with Crippen LogP contribution in [-0.4, -0.2) is 35.8 Å². The zero-order chi connectivity index (χ0) is 16.8. The van der Waals surface area contributed by atoms with Gasteiger partial charge in [-0.1, -0.05) is 49.7 Å². The standard InChI is InChI=1S/C21H27NO2.ClH/c1-2-5-17-8-10-21(11-9-17)24-16-20(23)15-22-13-12-18-6-3-4-7-19(18)14-22;/h3-4,6-11,20,23H,2,5,12-16H2,1H3;1H/p-1. The maximum absolute atomic E-state index is 10.3. The minimum atomic E-state index is -0.467. The Morgan fingerprint density at radius 2 is 1.80 bits per heavy atom. The van der Waals surface area contributed by atoms with Gasteiger partial charge in [-0.15, -0.1) is 0 Å². The number of aliphatic hydroxyl groups excluding tert-OH is 1. The molecule has 0 aliphatic carbocycles. The van der Waals surface area contributed by atoms with E-state index in [-0.39, 0.29) is 12.4 Å². The second-order valence-electron chi connectivity index (χ2n) is 6.61. The predicted molar refractivity (Wildman–Crippen MR) is 97.4 cm³/mol. The topological polar surface area (TPSA) is 32.7 Å². The lowest BCUT2D eigenvalue weighted by atomic mass is 10.00. The van der Waals surface area contributed by atoms with Gasteiger partial charge in [-0.3, -0.25) is 4.90 Å². The Morgan fingerprint density at radius 3 is 2.52 bits per heavy atom. The van der Waals surface area contributed by atoms with Gasteiger partial charge in [-0.05, 0) is 41.7 Å². The highest BCUT2D eigenvalue weighted by Crippen LogP contribution is 2.19. The van der Waals surface area contributed by atoms with Crippen LogP contribution in [0.4, 0.5) is 0 Å². The van der Waals surface area contributed by atoms with E-state index in [1.165, 1.54) is 16.7 Å². The first-order valence-corrected chi connectivity index (χ1v) is 8.93. The Kier molecular flexibility index (Phi) is 7.76. The van der Waals surface area contributed by atoms with Crippen molar-refractivity contribution in [3.05, 3.63) is 65.2 Å². The zero-order valence-electron chi connectivity index (χ0n) is 14.8. The van der Waals surface area contributed by atoms with E-state index in [9.17, 15) is 5.11 Å². The average Bonchev–Trinajstić information content (AvgIpc) is 2.61. The molecule has 0 fully saturated rings. The van der Waals surface area contributed by atoms with Gasteiger partial charge < -0.3 is 22.3 Å². The van der Waals surface area contributed by atoms with E-state index in [0.717, 1.165) is 38.1 Å². The Hall–Kier alpha value is -1.55. The van der Waals surface area contributed by atoms with Crippen LogP contribution in [0.1, 0.15) is 30.0 Å². The minimum Gasteiger partial charge on any atom is -1.00 e. The SMILES string of the molecule is CCCc1ccc(OCC(O)CN2CCc3ccccc3C2)cc1.[Cl-]. The highest BCUT2D eigenvalue weighted by atomic mass is 35.5. The number of hydrogen-bond donors (Lipinski definition) is 1. The molecular weight excluding hydrogens is 334 g/mol. The quantitative estimate of drug-likeness (QED) is 0.778. The molecule has 1 N–H and O–H groups in total. The van der Waals surface area contributed by atoms with Gasteiger partial charge in [0, 0.05) is 19.6 Å². The molecule has 1 aliphatic heterocycles.